The highest BCUT2D eigenvalue weighted by atomic mass is 32.1. The van der Waals surface area contributed by atoms with Crippen LogP contribution in [-0.4, -0.2) is 5.11 Å². The Kier molecular flexibility index (Phi) is 3.76. The number of aliphatic hydroxyl groups is 1. The fourth-order valence-electron chi connectivity index (χ4n) is 1.45. The lowest BCUT2D eigenvalue weighted by molar-refractivity contribution is 0.104. The largest absolute Gasteiger partial charge is 0.388 e. The van der Waals surface area contributed by atoms with Crippen molar-refractivity contribution in [2.75, 3.05) is 0 Å². The molecule has 68 valence electrons. The molecule has 0 amide bonds. The van der Waals surface area contributed by atoms with Crippen molar-refractivity contribution in [3.05, 3.63) is 22.4 Å². The molecule has 0 aliphatic rings. The molecule has 0 saturated carbocycles. The van der Waals surface area contributed by atoms with E-state index in [4.69, 9.17) is 0 Å². The summed E-state index contributed by atoms with van der Waals surface area (Å²) >= 11 is 1.65. The first-order valence-electron chi connectivity index (χ1n) is 4.49. The van der Waals surface area contributed by atoms with E-state index >= 15 is 0 Å². The summed E-state index contributed by atoms with van der Waals surface area (Å²) in [5.74, 6) is 0.416. The second-order valence-electron chi connectivity index (χ2n) is 3.08. The minimum atomic E-state index is -0.258. The molecule has 1 N–H and O–H groups in total. The standard InChI is InChI=1S/C10H16OS/c1-3-8(4-2)10(11)9-5-6-12-7-9/h5-8,10-11H,3-4H2,1-2H3. The molecule has 1 atom stereocenters. The summed E-state index contributed by atoms with van der Waals surface area (Å²) in [5.41, 5.74) is 1.08. The van der Waals surface area contributed by atoms with Crippen LogP contribution in [0.3, 0.4) is 0 Å². The fraction of sp³-hybridized carbons (Fsp3) is 0.600. The Hall–Kier alpha value is -0.340. The highest BCUT2D eigenvalue weighted by Gasteiger charge is 2.17. The molecule has 0 bridgehead atoms. The molecule has 12 heavy (non-hydrogen) atoms. The van der Waals surface area contributed by atoms with Crippen LogP contribution in [0.4, 0.5) is 0 Å². The van der Waals surface area contributed by atoms with Crippen LogP contribution >= 0.6 is 11.3 Å². The maximum absolute atomic E-state index is 9.88. The van der Waals surface area contributed by atoms with Crippen LogP contribution < -0.4 is 0 Å². The lowest BCUT2D eigenvalue weighted by Crippen LogP contribution is -2.09. The number of aliphatic hydroxyl groups excluding tert-OH is 1. The monoisotopic (exact) mass is 184 g/mol. The summed E-state index contributed by atoms with van der Waals surface area (Å²) in [6, 6.07) is 2.01. The average Bonchev–Trinajstić information content (AvgIpc) is 2.58. The zero-order valence-electron chi connectivity index (χ0n) is 7.66. The second kappa shape index (κ2) is 4.63. The molecule has 0 radical (unpaired) electrons. The van der Waals surface area contributed by atoms with E-state index in [0.717, 1.165) is 18.4 Å². The average molecular weight is 184 g/mol. The van der Waals surface area contributed by atoms with Gasteiger partial charge < -0.3 is 5.11 Å². The minimum Gasteiger partial charge on any atom is -0.388 e. The summed E-state index contributed by atoms with van der Waals surface area (Å²) in [6.07, 6.45) is 1.84. The lowest BCUT2D eigenvalue weighted by Gasteiger charge is -2.18. The van der Waals surface area contributed by atoms with Gasteiger partial charge in [-0.05, 0) is 28.3 Å². The Morgan fingerprint density at radius 3 is 2.50 bits per heavy atom. The van der Waals surface area contributed by atoms with Crippen LogP contribution in [0.2, 0.25) is 0 Å². The number of rotatable bonds is 4. The van der Waals surface area contributed by atoms with Crippen molar-refractivity contribution in [1.82, 2.24) is 0 Å². The second-order valence-corrected chi connectivity index (χ2v) is 3.86. The Labute approximate surface area is 78.1 Å². The van der Waals surface area contributed by atoms with Crippen LogP contribution in [0, 0.1) is 5.92 Å². The Morgan fingerprint density at radius 1 is 1.42 bits per heavy atom. The molecule has 0 aliphatic heterocycles. The van der Waals surface area contributed by atoms with Crippen LogP contribution in [0.5, 0.6) is 0 Å². The molecule has 1 aromatic heterocycles. The van der Waals surface area contributed by atoms with Crippen molar-refractivity contribution in [2.45, 2.75) is 32.8 Å². The molecular weight excluding hydrogens is 168 g/mol. The van der Waals surface area contributed by atoms with Gasteiger partial charge in [-0.1, -0.05) is 26.7 Å². The van der Waals surface area contributed by atoms with Gasteiger partial charge in [0.1, 0.15) is 0 Å². The molecule has 0 aromatic carbocycles. The van der Waals surface area contributed by atoms with E-state index in [0.29, 0.717) is 5.92 Å². The molecule has 0 saturated heterocycles. The van der Waals surface area contributed by atoms with Crippen molar-refractivity contribution in [1.29, 1.82) is 0 Å². The molecule has 0 spiro atoms. The topological polar surface area (TPSA) is 20.2 Å². The Morgan fingerprint density at radius 2 is 2.08 bits per heavy atom. The molecule has 2 heteroatoms. The third-order valence-corrected chi connectivity index (χ3v) is 3.08. The summed E-state index contributed by atoms with van der Waals surface area (Å²) < 4.78 is 0. The van der Waals surface area contributed by atoms with Crippen molar-refractivity contribution in [3.8, 4) is 0 Å². The van der Waals surface area contributed by atoms with Gasteiger partial charge in [-0.3, -0.25) is 0 Å². The van der Waals surface area contributed by atoms with Gasteiger partial charge in [-0.15, -0.1) is 0 Å². The molecule has 1 heterocycles. The Balaban J connectivity index is 2.63. The first-order chi connectivity index (χ1) is 5.79. The summed E-state index contributed by atoms with van der Waals surface area (Å²) in [7, 11) is 0. The SMILES string of the molecule is CCC(CC)C(O)c1ccsc1. The van der Waals surface area contributed by atoms with Crippen molar-refractivity contribution >= 4 is 11.3 Å². The number of hydrogen-bond donors (Lipinski definition) is 1. The van der Waals surface area contributed by atoms with Gasteiger partial charge in [0.2, 0.25) is 0 Å². The van der Waals surface area contributed by atoms with E-state index in [1.54, 1.807) is 11.3 Å². The van der Waals surface area contributed by atoms with E-state index in [2.05, 4.69) is 13.8 Å². The van der Waals surface area contributed by atoms with Gasteiger partial charge in [-0.25, -0.2) is 0 Å². The maximum atomic E-state index is 9.88. The smallest absolute Gasteiger partial charge is 0.0826 e. The molecule has 1 rings (SSSR count). The van der Waals surface area contributed by atoms with Gasteiger partial charge in [0.05, 0.1) is 6.10 Å². The molecular formula is C10H16OS. The van der Waals surface area contributed by atoms with Crippen molar-refractivity contribution < 1.29 is 5.11 Å². The van der Waals surface area contributed by atoms with E-state index in [1.807, 2.05) is 16.8 Å². The number of hydrogen-bond acceptors (Lipinski definition) is 2. The van der Waals surface area contributed by atoms with Gasteiger partial charge in [-0.2, -0.15) is 11.3 Å². The van der Waals surface area contributed by atoms with Gasteiger partial charge in [0.15, 0.2) is 0 Å². The van der Waals surface area contributed by atoms with Crippen molar-refractivity contribution in [3.63, 3.8) is 0 Å². The zero-order chi connectivity index (χ0) is 8.97. The fourth-order valence-corrected chi connectivity index (χ4v) is 2.14. The Bertz CT molecular complexity index is 202. The normalized spacial score (nSPS) is 13.7. The van der Waals surface area contributed by atoms with E-state index in [1.165, 1.54) is 0 Å². The molecule has 1 aromatic rings. The zero-order valence-corrected chi connectivity index (χ0v) is 8.47. The first kappa shape index (κ1) is 9.75. The molecule has 0 fully saturated rings. The maximum Gasteiger partial charge on any atom is 0.0826 e. The minimum absolute atomic E-state index is 0.258. The summed E-state index contributed by atoms with van der Waals surface area (Å²) in [4.78, 5) is 0. The van der Waals surface area contributed by atoms with Crippen LogP contribution in [0.1, 0.15) is 38.4 Å². The lowest BCUT2D eigenvalue weighted by atomic mass is 9.93. The van der Waals surface area contributed by atoms with Crippen LogP contribution in [0.25, 0.3) is 0 Å². The first-order valence-corrected chi connectivity index (χ1v) is 5.44. The van der Waals surface area contributed by atoms with Crippen molar-refractivity contribution in [2.24, 2.45) is 5.92 Å². The summed E-state index contributed by atoms with van der Waals surface area (Å²) in [6.45, 7) is 4.26. The highest BCUT2D eigenvalue weighted by molar-refractivity contribution is 7.07. The molecule has 1 nitrogen and oxygen atoms in total. The van der Waals surface area contributed by atoms with Crippen LogP contribution in [-0.2, 0) is 0 Å². The van der Waals surface area contributed by atoms with Crippen LogP contribution in [0.15, 0.2) is 16.8 Å². The van der Waals surface area contributed by atoms with Gasteiger partial charge >= 0.3 is 0 Å². The van der Waals surface area contributed by atoms with E-state index in [9.17, 15) is 5.11 Å². The molecule has 0 aliphatic carbocycles. The predicted octanol–water partition coefficient (Wildman–Crippen LogP) is 3.22. The van der Waals surface area contributed by atoms with Gasteiger partial charge in [0, 0.05) is 0 Å². The van der Waals surface area contributed by atoms with Gasteiger partial charge in [0.25, 0.3) is 0 Å². The highest BCUT2D eigenvalue weighted by Crippen LogP contribution is 2.28. The third kappa shape index (κ3) is 2.08. The third-order valence-electron chi connectivity index (χ3n) is 2.38. The van der Waals surface area contributed by atoms with E-state index in [-0.39, 0.29) is 6.10 Å². The summed E-state index contributed by atoms with van der Waals surface area (Å²) in [5, 5.41) is 13.9. The van der Waals surface area contributed by atoms with E-state index < -0.39 is 0 Å². The quantitative estimate of drug-likeness (QED) is 0.761. The number of thiophene rings is 1. The predicted molar refractivity (Wildman–Crippen MR) is 53.4 cm³/mol. The molecule has 1 unspecified atom stereocenters.